The molecule has 0 aliphatic heterocycles. The van der Waals surface area contributed by atoms with E-state index in [0.717, 1.165) is 41.0 Å². The lowest BCUT2D eigenvalue weighted by molar-refractivity contribution is 0.102. The molecular weight excluding hydrogens is 380 g/mol. The number of fused-ring (bicyclic) bond motifs is 1. The second-order valence-electron chi connectivity index (χ2n) is 7.15. The van der Waals surface area contributed by atoms with E-state index in [2.05, 4.69) is 22.4 Å². The Kier molecular flexibility index (Phi) is 5.52. The summed E-state index contributed by atoms with van der Waals surface area (Å²) >= 11 is 0. The number of rotatable bonds is 7. The second-order valence-corrected chi connectivity index (χ2v) is 7.15. The van der Waals surface area contributed by atoms with Gasteiger partial charge in [-0.1, -0.05) is 30.3 Å². The molecule has 0 spiro atoms. The molecule has 0 fully saturated rings. The van der Waals surface area contributed by atoms with Crippen LogP contribution in [-0.2, 0) is 13.2 Å². The number of benzene rings is 2. The van der Waals surface area contributed by atoms with Crippen LogP contribution in [0.3, 0.4) is 0 Å². The molecule has 30 heavy (non-hydrogen) atoms. The van der Waals surface area contributed by atoms with Gasteiger partial charge in [-0.05, 0) is 50.6 Å². The molecule has 4 aromatic rings. The zero-order valence-corrected chi connectivity index (χ0v) is 17.3. The molecule has 4 rings (SSSR count). The quantitative estimate of drug-likeness (QED) is 0.475. The fourth-order valence-electron chi connectivity index (χ4n) is 3.39. The largest absolute Gasteiger partial charge is 0.489 e. The number of hydrogen-bond acceptors (Lipinski definition) is 5. The number of nitrogens with one attached hydrogen (secondary N) is 1. The van der Waals surface area contributed by atoms with Crippen LogP contribution in [0.2, 0.25) is 0 Å². The van der Waals surface area contributed by atoms with E-state index in [1.165, 1.54) is 0 Å². The summed E-state index contributed by atoms with van der Waals surface area (Å²) in [6.45, 7) is 6.93. The number of aryl methyl sites for hydroxylation is 3. The number of aromatic nitrogens is 3. The molecule has 0 aliphatic carbocycles. The van der Waals surface area contributed by atoms with Crippen molar-refractivity contribution in [2.75, 3.05) is 5.32 Å². The second kappa shape index (κ2) is 8.41. The minimum Gasteiger partial charge on any atom is -0.489 e. The lowest BCUT2D eigenvalue weighted by Gasteiger charge is -2.10. The van der Waals surface area contributed by atoms with E-state index in [-0.39, 0.29) is 5.91 Å². The highest BCUT2D eigenvalue weighted by Gasteiger charge is 2.15. The summed E-state index contributed by atoms with van der Waals surface area (Å²) in [6.07, 6.45) is 0.939. The molecule has 2 aromatic carbocycles. The summed E-state index contributed by atoms with van der Waals surface area (Å²) in [5, 5.41) is 6.88. The number of carbonyl (C=O) groups excluding carboxylic acids is 1. The van der Waals surface area contributed by atoms with Crippen LogP contribution in [0.25, 0.3) is 11.0 Å². The smallest absolute Gasteiger partial charge is 0.258 e. The van der Waals surface area contributed by atoms with Crippen molar-refractivity contribution in [1.29, 1.82) is 0 Å². The number of amides is 1. The standard InChI is InChI=1S/C23H24N4O3/c1-4-12-27-21-11-6-5-10-20(21)24-23(27)25-22(28)17-8-7-9-18(13-17)29-14-19-15(2)26-30-16(19)3/h5-11,13H,4,12,14H2,1-3H3,(H,24,25,28). The number of hydrogen-bond donors (Lipinski definition) is 1. The Morgan fingerprint density at radius 1 is 1.17 bits per heavy atom. The number of para-hydroxylation sites is 2. The molecule has 1 N–H and O–H groups in total. The normalized spacial score (nSPS) is 11.0. The summed E-state index contributed by atoms with van der Waals surface area (Å²) in [5.74, 6) is 1.65. The first-order chi connectivity index (χ1) is 14.6. The van der Waals surface area contributed by atoms with Crippen LogP contribution in [0.1, 0.15) is 40.7 Å². The Morgan fingerprint density at radius 2 is 2.00 bits per heavy atom. The minimum atomic E-state index is -0.231. The van der Waals surface area contributed by atoms with E-state index in [9.17, 15) is 4.79 Å². The topological polar surface area (TPSA) is 82.2 Å². The summed E-state index contributed by atoms with van der Waals surface area (Å²) in [5.41, 5.74) is 4.08. The van der Waals surface area contributed by atoms with Crippen molar-refractivity contribution in [2.45, 2.75) is 40.3 Å². The highest BCUT2D eigenvalue weighted by atomic mass is 16.5. The molecule has 0 saturated heterocycles. The number of imidazole rings is 1. The summed E-state index contributed by atoms with van der Waals surface area (Å²) in [4.78, 5) is 17.5. The molecule has 0 saturated carbocycles. The molecule has 2 aromatic heterocycles. The van der Waals surface area contributed by atoms with Crippen molar-refractivity contribution in [3.8, 4) is 5.75 Å². The monoisotopic (exact) mass is 404 g/mol. The van der Waals surface area contributed by atoms with Gasteiger partial charge >= 0.3 is 0 Å². The minimum absolute atomic E-state index is 0.231. The third kappa shape index (κ3) is 3.91. The summed E-state index contributed by atoms with van der Waals surface area (Å²) in [7, 11) is 0. The first kappa shape index (κ1) is 19.7. The summed E-state index contributed by atoms with van der Waals surface area (Å²) in [6, 6.07) is 15.0. The third-order valence-electron chi connectivity index (χ3n) is 4.99. The fourth-order valence-corrected chi connectivity index (χ4v) is 3.39. The Hall–Kier alpha value is -3.61. The van der Waals surface area contributed by atoms with Crippen molar-refractivity contribution < 1.29 is 14.1 Å². The van der Waals surface area contributed by atoms with Crippen LogP contribution >= 0.6 is 0 Å². The molecule has 0 atom stereocenters. The molecule has 2 heterocycles. The van der Waals surface area contributed by atoms with Crippen molar-refractivity contribution in [3.63, 3.8) is 0 Å². The van der Waals surface area contributed by atoms with Gasteiger partial charge in [0.05, 0.1) is 22.3 Å². The number of anilines is 1. The van der Waals surface area contributed by atoms with Crippen LogP contribution in [0.5, 0.6) is 5.75 Å². The average molecular weight is 404 g/mol. The zero-order valence-electron chi connectivity index (χ0n) is 17.3. The lowest BCUT2D eigenvalue weighted by Crippen LogP contribution is -2.16. The van der Waals surface area contributed by atoms with Gasteiger partial charge in [0.15, 0.2) is 0 Å². The van der Waals surface area contributed by atoms with Gasteiger partial charge in [-0.25, -0.2) is 4.98 Å². The third-order valence-corrected chi connectivity index (χ3v) is 4.99. The number of nitrogens with zero attached hydrogens (tertiary/aromatic N) is 3. The Morgan fingerprint density at radius 3 is 2.77 bits per heavy atom. The molecular formula is C23H24N4O3. The van der Waals surface area contributed by atoms with Crippen LogP contribution < -0.4 is 10.1 Å². The molecule has 1 amide bonds. The maximum Gasteiger partial charge on any atom is 0.258 e. The maximum atomic E-state index is 12.9. The SMILES string of the molecule is CCCn1c(NC(=O)c2cccc(OCc3c(C)noc3C)c2)nc2ccccc21. The molecule has 154 valence electrons. The highest BCUT2D eigenvalue weighted by molar-refractivity contribution is 6.04. The molecule has 0 radical (unpaired) electrons. The van der Waals surface area contributed by atoms with Gasteiger partial charge in [-0.3, -0.25) is 10.1 Å². The Labute approximate surface area is 174 Å². The predicted molar refractivity (Wildman–Crippen MR) is 115 cm³/mol. The molecule has 0 aliphatic rings. The first-order valence-corrected chi connectivity index (χ1v) is 9.98. The number of ether oxygens (including phenoxy) is 1. The lowest BCUT2D eigenvalue weighted by atomic mass is 10.2. The van der Waals surface area contributed by atoms with Crippen LogP contribution in [-0.4, -0.2) is 20.6 Å². The average Bonchev–Trinajstić information content (AvgIpc) is 3.26. The molecule has 0 unspecified atom stereocenters. The van der Waals surface area contributed by atoms with Crippen molar-refractivity contribution in [2.24, 2.45) is 0 Å². The Balaban J connectivity index is 1.52. The van der Waals surface area contributed by atoms with Gasteiger partial charge in [-0.15, -0.1) is 0 Å². The molecule has 0 bridgehead atoms. The van der Waals surface area contributed by atoms with E-state index in [1.807, 2.05) is 48.7 Å². The van der Waals surface area contributed by atoms with Gasteiger partial charge in [0.25, 0.3) is 5.91 Å². The fraction of sp³-hybridized carbons (Fsp3) is 0.261. The highest BCUT2D eigenvalue weighted by Crippen LogP contribution is 2.22. The van der Waals surface area contributed by atoms with Crippen LogP contribution in [0.15, 0.2) is 53.1 Å². The molecule has 7 nitrogen and oxygen atoms in total. The zero-order chi connectivity index (χ0) is 21.1. The van der Waals surface area contributed by atoms with Gasteiger partial charge in [-0.2, -0.15) is 0 Å². The first-order valence-electron chi connectivity index (χ1n) is 9.98. The van der Waals surface area contributed by atoms with E-state index in [4.69, 9.17) is 9.26 Å². The van der Waals surface area contributed by atoms with Crippen LogP contribution in [0.4, 0.5) is 5.95 Å². The van der Waals surface area contributed by atoms with Gasteiger partial charge in [0, 0.05) is 12.1 Å². The van der Waals surface area contributed by atoms with Crippen molar-refractivity contribution >= 4 is 22.9 Å². The van der Waals surface area contributed by atoms with Crippen molar-refractivity contribution in [1.82, 2.24) is 14.7 Å². The van der Waals surface area contributed by atoms with Crippen molar-refractivity contribution in [3.05, 3.63) is 71.1 Å². The van der Waals surface area contributed by atoms with Gasteiger partial charge in [0.2, 0.25) is 5.95 Å². The maximum absolute atomic E-state index is 12.9. The number of carbonyl (C=O) groups is 1. The van der Waals surface area contributed by atoms with Gasteiger partial charge < -0.3 is 13.8 Å². The van der Waals surface area contributed by atoms with E-state index < -0.39 is 0 Å². The summed E-state index contributed by atoms with van der Waals surface area (Å²) < 4.78 is 13.1. The molecule has 7 heteroatoms. The van der Waals surface area contributed by atoms with E-state index in [1.54, 1.807) is 18.2 Å². The van der Waals surface area contributed by atoms with Gasteiger partial charge in [0.1, 0.15) is 18.1 Å². The predicted octanol–water partition coefficient (Wildman–Crippen LogP) is 4.88. The van der Waals surface area contributed by atoms with E-state index >= 15 is 0 Å². The Bertz CT molecular complexity index is 1170. The van der Waals surface area contributed by atoms with Crippen LogP contribution in [0, 0.1) is 13.8 Å². The van der Waals surface area contributed by atoms with E-state index in [0.29, 0.717) is 23.9 Å².